The first-order valence-corrected chi connectivity index (χ1v) is 15.1. The quantitative estimate of drug-likeness (QED) is 0.240. The van der Waals surface area contributed by atoms with E-state index in [0.717, 1.165) is 26.8 Å². The first-order valence-electron chi connectivity index (χ1n) is 13.3. The average Bonchev–Trinajstić information content (AvgIpc) is 3.29. The zero-order valence-electron chi connectivity index (χ0n) is 23.0. The highest BCUT2D eigenvalue weighted by molar-refractivity contribution is 7.87. The number of alkyl halides is 2. The van der Waals surface area contributed by atoms with Crippen molar-refractivity contribution >= 4 is 39.2 Å². The molecule has 0 saturated carbocycles. The van der Waals surface area contributed by atoms with Gasteiger partial charge >= 0.3 is 16.2 Å². The van der Waals surface area contributed by atoms with Crippen molar-refractivity contribution in [3.8, 4) is 0 Å². The van der Waals surface area contributed by atoms with Gasteiger partial charge in [-0.15, -0.1) is 10.1 Å². The van der Waals surface area contributed by atoms with E-state index < -0.39 is 29.0 Å². The van der Waals surface area contributed by atoms with Crippen molar-refractivity contribution in [1.82, 2.24) is 9.31 Å². The lowest BCUT2D eigenvalue weighted by Crippen LogP contribution is -2.54. The average molecular weight is 602 g/mol. The van der Waals surface area contributed by atoms with Gasteiger partial charge < -0.3 is 4.90 Å². The lowest BCUT2D eigenvalue weighted by Gasteiger charge is -2.28. The van der Waals surface area contributed by atoms with Crippen LogP contribution in [0.3, 0.4) is 0 Å². The molecule has 0 N–H and O–H groups in total. The third-order valence-electron chi connectivity index (χ3n) is 7.42. The molecule has 2 aromatic carbocycles. The van der Waals surface area contributed by atoms with Crippen LogP contribution in [0, 0.1) is 0 Å². The highest BCUT2D eigenvalue weighted by atomic mass is 35.5. The molecule has 0 unspecified atom stereocenters. The summed E-state index contributed by atoms with van der Waals surface area (Å²) in [6.45, 7) is 1.35. The van der Waals surface area contributed by atoms with Crippen LogP contribution >= 0.6 is 11.6 Å². The van der Waals surface area contributed by atoms with Crippen molar-refractivity contribution in [1.29, 1.82) is 0 Å². The summed E-state index contributed by atoms with van der Waals surface area (Å²) >= 11 is 6.16. The van der Waals surface area contributed by atoms with Gasteiger partial charge in [0.1, 0.15) is 6.04 Å². The molecular weight excluding hydrogens is 570 g/mol. The molecule has 0 bridgehead atoms. The van der Waals surface area contributed by atoms with E-state index in [-0.39, 0.29) is 31.0 Å². The van der Waals surface area contributed by atoms with Gasteiger partial charge in [-0.3, -0.25) is 0 Å². The molecule has 216 valence electrons. The Kier molecular flexibility index (Phi) is 8.13. The van der Waals surface area contributed by atoms with Gasteiger partial charge in [-0.2, -0.15) is 12.7 Å². The lowest BCUT2D eigenvalue weighted by molar-refractivity contribution is -0.565. The molecule has 0 aliphatic carbocycles. The summed E-state index contributed by atoms with van der Waals surface area (Å²) in [6.07, 6.45) is 2.34. The van der Waals surface area contributed by atoms with E-state index in [4.69, 9.17) is 16.7 Å². The Hall–Kier alpha value is -3.41. The minimum atomic E-state index is -4.31. The Bertz CT molecular complexity index is 1540. The van der Waals surface area contributed by atoms with Crippen LogP contribution in [-0.4, -0.2) is 68.6 Å². The Morgan fingerprint density at radius 2 is 1.63 bits per heavy atom. The van der Waals surface area contributed by atoms with Crippen LogP contribution in [0.5, 0.6) is 0 Å². The van der Waals surface area contributed by atoms with Gasteiger partial charge in [0.2, 0.25) is 0 Å². The largest absolute Gasteiger partial charge is 0.436 e. The second-order valence-electron chi connectivity index (χ2n) is 10.4. The SMILES string of the molecule is C[C@H]1[C@H](c2ccccc2)C(c2ccc(Cl)cc2)=NN1/C(=N\S(=O)(=O)N1CCC(F)(F)CC1)[n+]1ccc(N(C)C)cc1. The maximum Gasteiger partial charge on any atom is 0.436 e. The van der Waals surface area contributed by atoms with Crippen molar-refractivity contribution in [2.75, 3.05) is 32.1 Å². The smallest absolute Gasteiger partial charge is 0.377 e. The molecule has 1 fully saturated rings. The number of halogens is 3. The van der Waals surface area contributed by atoms with Crippen LogP contribution in [-0.2, 0) is 10.2 Å². The van der Waals surface area contributed by atoms with E-state index in [0.29, 0.717) is 5.02 Å². The predicted octanol–water partition coefficient (Wildman–Crippen LogP) is 4.77. The van der Waals surface area contributed by atoms with Crippen molar-refractivity contribution in [2.45, 2.75) is 37.6 Å². The Morgan fingerprint density at radius 1 is 1.02 bits per heavy atom. The second kappa shape index (κ2) is 11.5. The number of pyridine rings is 1. The second-order valence-corrected chi connectivity index (χ2v) is 12.5. The maximum atomic E-state index is 13.8. The fourth-order valence-corrected chi connectivity index (χ4v) is 6.35. The molecule has 3 heterocycles. The van der Waals surface area contributed by atoms with Gasteiger partial charge in [0.05, 0.1) is 24.0 Å². The number of aromatic nitrogens is 1. The van der Waals surface area contributed by atoms with Gasteiger partial charge in [0.15, 0.2) is 0 Å². The van der Waals surface area contributed by atoms with Crippen LogP contribution < -0.4 is 9.47 Å². The zero-order valence-corrected chi connectivity index (χ0v) is 24.6. The van der Waals surface area contributed by atoms with Crippen molar-refractivity contribution in [3.63, 3.8) is 0 Å². The Balaban J connectivity index is 1.63. The number of piperidine rings is 1. The monoisotopic (exact) mass is 601 g/mol. The highest BCUT2D eigenvalue weighted by Crippen LogP contribution is 2.35. The van der Waals surface area contributed by atoms with Crippen LogP contribution in [0.25, 0.3) is 0 Å². The van der Waals surface area contributed by atoms with Crippen molar-refractivity contribution in [3.05, 3.63) is 95.3 Å². The summed E-state index contributed by atoms with van der Waals surface area (Å²) in [6, 6.07) is 20.5. The number of hydrazone groups is 1. The number of benzene rings is 2. The molecule has 2 aliphatic heterocycles. The maximum absolute atomic E-state index is 13.8. The molecule has 2 aliphatic rings. The summed E-state index contributed by atoms with van der Waals surface area (Å²) in [7, 11) is -0.502. The molecule has 0 radical (unpaired) electrons. The van der Waals surface area contributed by atoms with E-state index >= 15 is 0 Å². The molecular formula is C29H32ClF2N6O2S+. The molecule has 0 amide bonds. The van der Waals surface area contributed by atoms with Gasteiger partial charge in [-0.1, -0.05) is 54.1 Å². The van der Waals surface area contributed by atoms with Gasteiger partial charge in [-0.05, 0) is 42.3 Å². The van der Waals surface area contributed by atoms with Gasteiger partial charge in [0.25, 0.3) is 5.92 Å². The third kappa shape index (κ3) is 6.27. The molecule has 2 atom stereocenters. The normalized spacial score (nSPS) is 21.6. The first kappa shape index (κ1) is 29.1. The fourth-order valence-electron chi connectivity index (χ4n) is 5.08. The highest BCUT2D eigenvalue weighted by Gasteiger charge is 2.46. The Morgan fingerprint density at radius 3 is 2.22 bits per heavy atom. The molecule has 0 spiro atoms. The molecule has 41 heavy (non-hydrogen) atoms. The number of rotatable bonds is 5. The van der Waals surface area contributed by atoms with Crippen LogP contribution in [0.4, 0.5) is 14.5 Å². The first-order chi connectivity index (χ1) is 19.4. The van der Waals surface area contributed by atoms with Crippen molar-refractivity contribution < 1.29 is 21.8 Å². The minimum Gasteiger partial charge on any atom is -0.377 e. The predicted molar refractivity (Wildman–Crippen MR) is 157 cm³/mol. The van der Waals surface area contributed by atoms with E-state index in [1.165, 1.54) is 0 Å². The van der Waals surface area contributed by atoms with Gasteiger partial charge in [0, 0.05) is 55.1 Å². The number of hydrogen-bond donors (Lipinski definition) is 0. The summed E-state index contributed by atoms with van der Waals surface area (Å²) in [5, 5.41) is 7.15. The third-order valence-corrected chi connectivity index (χ3v) is 9.08. The van der Waals surface area contributed by atoms with Crippen LogP contribution in [0.2, 0.25) is 5.02 Å². The van der Waals surface area contributed by atoms with E-state index in [1.54, 1.807) is 34.1 Å². The summed E-state index contributed by atoms with van der Waals surface area (Å²) in [5.41, 5.74) is 3.48. The van der Waals surface area contributed by atoms with Crippen LogP contribution in [0.1, 0.15) is 36.8 Å². The zero-order chi connectivity index (χ0) is 29.4. The summed E-state index contributed by atoms with van der Waals surface area (Å²) in [5.74, 6) is -3.06. The molecule has 12 heteroatoms. The fraction of sp³-hybridized carbons (Fsp3) is 0.345. The summed E-state index contributed by atoms with van der Waals surface area (Å²) in [4.78, 5) is 1.92. The number of anilines is 1. The van der Waals surface area contributed by atoms with E-state index in [9.17, 15) is 17.2 Å². The lowest BCUT2D eigenvalue weighted by atomic mass is 9.86. The molecule has 3 aromatic rings. The molecule has 1 aromatic heterocycles. The standard InChI is InChI=1S/C29H32ClF2N6O2S/c1-21-26(22-7-5-4-6-8-22)27(23-9-11-24(30)12-10-23)33-38(21)28(36-17-13-25(14-18-36)35(2)3)34-41(39,40)37-19-15-29(31,32)16-20-37/h4-14,17-18,21,26H,15-16,19-20H2,1-3H3/q+1/b34-28-/t21-,26+/m0/s1. The molecule has 1 saturated heterocycles. The van der Waals surface area contributed by atoms with Crippen LogP contribution in [0.15, 0.2) is 88.6 Å². The minimum absolute atomic E-state index is 0.0463. The topological polar surface area (TPSA) is 72.5 Å². The van der Waals surface area contributed by atoms with E-state index in [1.807, 2.05) is 80.5 Å². The van der Waals surface area contributed by atoms with Crippen molar-refractivity contribution in [2.24, 2.45) is 9.50 Å². The number of hydrogen-bond acceptors (Lipinski definition) is 4. The molecule has 8 nitrogen and oxygen atoms in total. The molecule has 5 rings (SSSR count). The van der Waals surface area contributed by atoms with E-state index in [2.05, 4.69) is 4.40 Å². The Labute approximate surface area is 244 Å². The van der Waals surface area contributed by atoms with Gasteiger partial charge in [-0.25, -0.2) is 13.3 Å². The number of nitrogens with zero attached hydrogens (tertiary/aromatic N) is 6. The summed E-state index contributed by atoms with van der Waals surface area (Å²) < 4.78 is 61.6.